The van der Waals surface area contributed by atoms with E-state index < -0.39 is 0 Å². The zero-order valence-electron chi connectivity index (χ0n) is 12.1. The molecule has 6 heteroatoms. The van der Waals surface area contributed by atoms with Crippen molar-refractivity contribution >= 4 is 18.3 Å². The number of hydrogen-bond acceptors (Lipinski definition) is 4. The average Bonchev–Trinajstić information content (AvgIpc) is 2.38. The second-order valence-electron chi connectivity index (χ2n) is 4.43. The largest absolute Gasteiger partial charge is 0.493 e. The van der Waals surface area contributed by atoms with E-state index in [0.29, 0.717) is 30.2 Å². The number of rotatable bonds is 7. The molecule has 0 atom stereocenters. The van der Waals surface area contributed by atoms with Crippen molar-refractivity contribution in [2.75, 3.05) is 20.2 Å². The molecule has 0 aliphatic heterocycles. The summed E-state index contributed by atoms with van der Waals surface area (Å²) in [5.74, 6) is 1.05. The van der Waals surface area contributed by atoms with Crippen molar-refractivity contribution in [2.24, 2.45) is 5.73 Å². The molecule has 0 bridgehead atoms. The number of ether oxygens (including phenoxy) is 2. The summed E-state index contributed by atoms with van der Waals surface area (Å²) in [5, 5.41) is 2.80. The van der Waals surface area contributed by atoms with E-state index in [1.165, 1.54) is 0 Å². The maximum absolute atomic E-state index is 11.9. The number of nitrogens with two attached hydrogens (primary N) is 1. The van der Waals surface area contributed by atoms with Crippen molar-refractivity contribution < 1.29 is 14.3 Å². The average molecular weight is 303 g/mol. The van der Waals surface area contributed by atoms with Crippen LogP contribution in [0.4, 0.5) is 0 Å². The Morgan fingerprint density at radius 1 is 1.35 bits per heavy atom. The van der Waals surface area contributed by atoms with Crippen molar-refractivity contribution in [1.82, 2.24) is 5.32 Å². The lowest BCUT2D eigenvalue weighted by Crippen LogP contribution is -2.26. The van der Waals surface area contributed by atoms with Crippen LogP contribution in [0.3, 0.4) is 0 Å². The number of carbonyl (C=O) groups is 1. The van der Waals surface area contributed by atoms with Crippen molar-refractivity contribution in [2.45, 2.75) is 26.4 Å². The first-order valence-electron chi connectivity index (χ1n) is 6.41. The van der Waals surface area contributed by atoms with Crippen LogP contribution in [0.2, 0.25) is 0 Å². The van der Waals surface area contributed by atoms with E-state index in [1.54, 1.807) is 25.3 Å². The van der Waals surface area contributed by atoms with Gasteiger partial charge in [0.05, 0.1) is 13.2 Å². The molecule has 0 saturated carbocycles. The van der Waals surface area contributed by atoms with Crippen molar-refractivity contribution in [3.05, 3.63) is 23.8 Å². The number of methoxy groups -OCH3 is 1. The van der Waals surface area contributed by atoms with Gasteiger partial charge in [-0.15, -0.1) is 12.4 Å². The zero-order valence-corrected chi connectivity index (χ0v) is 13.0. The Kier molecular flexibility index (Phi) is 8.76. The molecular formula is C14H23ClN2O3. The highest BCUT2D eigenvalue weighted by atomic mass is 35.5. The number of hydrogen-bond donors (Lipinski definition) is 2. The molecule has 1 aromatic rings. The van der Waals surface area contributed by atoms with Gasteiger partial charge in [0.25, 0.3) is 5.91 Å². The Hall–Kier alpha value is -1.46. The van der Waals surface area contributed by atoms with Gasteiger partial charge in [0.15, 0.2) is 11.5 Å². The first-order valence-corrected chi connectivity index (χ1v) is 6.41. The molecule has 0 spiro atoms. The summed E-state index contributed by atoms with van der Waals surface area (Å²) in [6, 6.07) is 5.14. The minimum absolute atomic E-state index is 0. The quantitative estimate of drug-likeness (QED) is 0.755. The van der Waals surface area contributed by atoms with E-state index in [9.17, 15) is 4.79 Å². The third-order valence-electron chi connectivity index (χ3n) is 2.45. The summed E-state index contributed by atoms with van der Waals surface area (Å²) < 4.78 is 10.8. The molecule has 1 amide bonds. The maximum atomic E-state index is 11.9. The van der Waals surface area contributed by atoms with Crippen LogP contribution in [0, 0.1) is 0 Å². The number of nitrogens with one attached hydrogen (secondary N) is 1. The number of carbonyl (C=O) groups excluding carboxylic acids is 1. The SMILES string of the molecule is COc1cc(C(=O)NCCCN)ccc1OC(C)C.Cl. The van der Waals surface area contributed by atoms with Gasteiger partial charge >= 0.3 is 0 Å². The molecule has 0 unspecified atom stereocenters. The van der Waals surface area contributed by atoms with Gasteiger partial charge in [-0.1, -0.05) is 0 Å². The predicted octanol–water partition coefficient (Wildman–Crippen LogP) is 1.98. The van der Waals surface area contributed by atoms with Gasteiger partial charge in [0.2, 0.25) is 0 Å². The monoisotopic (exact) mass is 302 g/mol. The number of halogens is 1. The number of benzene rings is 1. The van der Waals surface area contributed by atoms with Crippen LogP contribution in [0.5, 0.6) is 11.5 Å². The van der Waals surface area contributed by atoms with Gasteiger partial charge in [0, 0.05) is 12.1 Å². The van der Waals surface area contributed by atoms with Crippen LogP contribution in [-0.2, 0) is 0 Å². The second kappa shape index (κ2) is 9.44. The van der Waals surface area contributed by atoms with Crippen molar-refractivity contribution in [3.8, 4) is 11.5 Å². The molecule has 5 nitrogen and oxygen atoms in total. The van der Waals surface area contributed by atoms with Crippen LogP contribution in [0.1, 0.15) is 30.6 Å². The summed E-state index contributed by atoms with van der Waals surface area (Å²) >= 11 is 0. The Bertz CT molecular complexity index is 425. The van der Waals surface area contributed by atoms with Gasteiger partial charge < -0.3 is 20.5 Å². The molecule has 0 aliphatic rings. The van der Waals surface area contributed by atoms with Gasteiger partial charge in [0.1, 0.15) is 0 Å². The van der Waals surface area contributed by atoms with Crippen LogP contribution >= 0.6 is 12.4 Å². The first-order chi connectivity index (χ1) is 9.08. The Balaban J connectivity index is 0.00000361. The van der Waals surface area contributed by atoms with E-state index in [2.05, 4.69) is 5.32 Å². The van der Waals surface area contributed by atoms with Crippen LogP contribution < -0.4 is 20.5 Å². The minimum Gasteiger partial charge on any atom is -0.493 e. The molecule has 1 rings (SSSR count). The molecule has 0 heterocycles. The summed E-state index contributed by atoms with van der Waals surface area (Å²) in [6.07, 6.45) is 0.815. The lowest BCUT2D eigenvalue weighted by atomic mass is 10.2. The fourth-order valence-corrected chi connectivity index (χ4v) is 1.57. The third kappa shape index (κ3) is 5.67. The Morgan fingerprint density at radius 2 is 2.05 bits per heavy atom. The highest BCUT2D eigenvalue weighted by molar-refractivity contribution is 5.94. The van der Waals surface area contributed by atoms with E-state index >= 15 is 0 Å². The normalized spacial score (nSPS) is 9.85. The van der Waals surface area contributed by atoms with Crippen molar-refractivity contribution in [3.63, 3.8) is 0 Å². The van der Waals surface area contributed by atoms with Gasteiger partial charge in [-0.25, -0.2) is 0 Å². The molecule has 3 N–H and O–H groups in total. The minimum atomic E-state index is -0.136. The molecule has 0 saturated heterocycles. The highest BCUT2D eigenvalue weighted by Crippen LogP contribution is 2.28. The lowest BCUT2D eigenvalue weighted by Gasteiger charge is -2.14. The van der Waals surface area contributed by atoms with Gasteiger partial charge in [-0.2, -0.15) is 0 Å². The fraction of sp³-hybridized carbons (Fsp3) is 0.500. The van der Waals surface area contributed by atoms with E-state index in [-0.39, 0.29) is 24.4 Å². The first kappa shape index (κ1) is 18.5. The predicted molar refractivity (Wildman–Crippen MR) is 82.0 cm³/mol. The summed E-state index contributed by atoms with van der Waals surface area (Å²) in [7, 11) is 1.55. The molecule has 0 aliphatic carbocycles. The van der Waals surface area contributed by atoms with Crippen molar-refractivity contribution in [1.29, 1.82) is 0 Å². The molecule has 0 fully saturated rings. The molecule has 20 heavy (non-hydrogen) atoms. The van der Waals surface area contributed by atoms with Crippen LogP contribution in [0.25, 0.3) is 0 Å². The van der Waals surface area contributed by atoms with E-state index in [4.69, 9.17) is 15.2 Å². The molecule has 114 valence electrons. The second-order valence-corrected chi connectivity index (χ2v) is 4.43. The standard InChI is InChI=1S/C14H22N2O3.ClH/c1-10(2)19-12-6-5-11(9-13(12)18-3)14(17)16-8-4-7-15;/h5-6,9-10H,4,7-8,15H2,1-3H3,(H,16,17);1H. The zero-order chi connectivity index (χ0) is 14.3. The maximum Gasteiger partial charge on any atom is 0.251 e. The summed E-state index contributed by atoms with van der Waals surface area (Å²) in [6.45, 7) is 5.01. The van der Waals surface area contributed by atoms with Gasteiger partial charge in [-0.05, 0) is 45.0 Å². The molecular weight excluding hydrogens is 280 g/mol. The Morgan fingerprint density at radius 3 is 2.60 bits per heavy atom. The Labute approximate surface area is 126 Å². The van der Waals surface area contributed by atoms with Crippen LogP contribution in [-0.4, -0.2) is 32.2 Å². The van der Waals surface area contributed by atoms with E-state index in [1.807, 2.05) is 13.8 Å². The summed E-state index contributed by atoms with van der Waals surface area (Å²) in [4.78, 5) is 11.9. The smallest absolute Gasteiger partial charge is 0.251 e. The summed E-state index contributed by atoms with van der Waals surface area (Å²) in [5.41, 5.74) is 5.92. The fourth-order valence-electron chi connectivity index (χ4n) is 1.57. The molecule has 0 aromatic heterocycles. The number of amides is 1. The van der Waals surface area contributed by atoms with Crippen LogP contribution in [0.15, 0.2) is 18.2 Å². The molecule has 1 aromatic carbocycles. The topological polar surface area (TPSA) is 73.6 Å². The van der Waals surface area contributed by atoms with E-state index in [0.717, 1.165) is 6.42 Å². The molecule has 0 radical (unpaired) electrons. The lowest BCUT2D eigenvalue weighted by molar-refractivity contribution is 0.0953. The third-order valence-corrected chi connectivity index (χ3v) is 2.45. The highest BCUT2D eigenvalue weighted by Gasteiger charge is 2.11. The van der Waals surface area contributed by atoms with Gasteiger partial charge in [-0.3, -0.25) is 4.79 Å².